The standard InChI is InChI=1S/C15H24N4O2S/c1-4-19-10-13(9-16-19)17-14(20)12-5-7-18(8-6-12)15(21)11(2)22-3/h9-12H,4-8H2,1-3H3,(H,17,20)/t11-/m0/s1. The number of nitrogens with one attached hydrogen (secondary N) is 1. The SMILES string of the molecule is CCn1cc(NC(=O)C2CCN(C(=O)[C@H](C)SC)CC2)cn1. The fraction of sp³-hybridized carbons (Fsp3) is 0.667. The van der Waals surface area contributed by atoms with Crippen molar-refractivity contribution in [2.45, 2.75) is 38.5 Å². The predicted octanol–water partition coefficient (Wildman–Crippen LogP) is 1.83. The molecule has 0 aromatic carbocycles. The maximum Gasteiger partial charge on any atom is 0.235 e. The molecule has 1 fully saturated rings. The van der Waals surface area contributed by atoms with E-state index in [1.807, 2.05) is 31.2 Å². The highest BCUT2D eigenvalue weighted by Crippen LogP contribution is 2.21. The number of aromatic nitrogens is 2. The first-order chi connectivity index (χ1) is 10.5. The van der Waals surface area contributed by atoms with Crippen LogP contribution in [0.15, 0.2) is 12.4 Å². The summed E-state index contributed by atoms with van der Waals surface area (Å²) in [5, 5.41) is 7.05. The summed E-state index contributed by atoms with van der Waals surface area (Å²) in [7, 11) is 0. The van der Waals surface area contributed by atoms with Gasteiger partial charge in [-0.05, 0) is 32.9 Å². The molecule has 1 aromatic heterocycles. The van der Waals surface area contributed by atoms with Crippen LogP contribution < -0.4 is 5.32 Å². The lowest BCUT2D eigenvalue weighted by Crippen LogP contribution is -2.44. The van der Waals surface area contributed by atoms with Gasteiger partial charge < -0.3 is 10.2 Å². The molecule has 1 saturated heterocycles. The minimum Gasteiger partial charge on any atom is -0.342 e. The van der Waals surface area contributed by atoms with Gasteiger partial charge in [0.15, 0.2) is 0 Å². The summed E-state index contributed by atoms with van der Waals surface area (Å²) < 4.78 is 1.78. The quantitative estimate of drug-likeness (QED) is 0.897. The van der Waals surface area contributed by atoms with Crippen LogP contribution in [0.25, 0.3) is 0 Å². The molecule has 1 aromatic rings. The van der Waals surface area contributed by atoms with E-state index in [0.717, 1.165) is 25.1 Å². The average molecular weight is 324 g/mol. The van der Waals surface area contributed by atoms with E-state index in [2.05, 4.69) is 10.4 Å². The van der Waals surface area contributed by atoms with Crippen molar-refractivity contribution < 1.29 is 9.59 Å². The summed E-state index contributed by atoms with van der Waals surface area (Å²) in [6.45, 7) is 6.04. The first-order valence-electron chi connectivity index (χ1n) is 7.70. The van der Waals surface area contributed by atoms with Crippen LogP contribution in [0.4, 0.5) is 5.69 Å². The molecule has 122 valence electrons. The van der Waals surface area contributed by atoms with Gasteiger partial charge in [-0.1, -0.05) is 0 Å². The van der Waals surface area contributed by atoms with Crippen molar-refractivity contribution in [1.82, 2.24) is 14.7 Å². The second-order valence-electron chi connectivity index (χ2n) is 5.55. The van der Waals surface area contributed by atoms with Crippen LogP contribution in [0.2, 0.25) is 0 Å². The van der Waals surface area contributed by atoms with E-state index in [4.69, 9.17) is 0 Å². The molecule has 0 spiro atoms. The van der Waals surface area contributed by atoms with E-state index >= 15 is 0 Å². The highest BCUT2D eigenvalue weighted by atomic mass is 32.2. The Morgan fingerprint density at radius 1 is 1.45 bits per heavy atom. The molecule has 0 saturated carbocycles. The number of anilines is 1. The Balaban J connectivity index is 1.83. The van der Waals surface area contributed by atoms with Crippen molar-refractivity contribution in [3.63, 3.8) is 0 Å². The van der Waals surface area contributed by atoms with Crippen molar-refractivity contribution in [3.05, 3.63) is 12.4 Å². The van der Waals surface area contributed by atoms with Gasteiger partial charge in [0.05, 0.1) is 17.1 Å². The summed E-state index contributed by atoms with van der Waals surface area (Å²) in [6, 6.07) is 0. The van der Waals surface area contributed by atoms with Gasteiger partial charge in [0.25, 0.3) is 0 Å². The molecule has 6 nitrogen and oxygen atoms in total. The number of hydrogen-bond donors (Lipinski definition) is 1. The number of rotatable bonds is 5. The number of piperidine rings is 1. The van der Waals surface area contributed by atoms with Crippen LogP contribution in [0.5, 0.6) is 0 Å². The maximum absolute atomic E-state index is 12.3. The van der Waals surface area contributed by atoms with Crippen molar-refractivity contribution in [2.24, 2.45) is 5.92 Å². The summed E-state index contributed by atoms with van der Waals surface area (Å²) in [5.41, 5.74) is 0.737. The summed E-state index contributed by atoms with van der Waals surface area (Å²) in [5.74, 6) is 0.176. The molecule has 1 N–H and O–H groups in total. The summed E-state index contributed by atoms with van der Waals surface area (Å²) >= 11 is 1.56. The molecule has 0 unspecified atom stereocenters. The number of carbonyl (C=O) groups is 2. The maximum atomic E-state index is 12.3. The molecule has 0 radical (unpaired) electrons. The van der Waals surface area contributed by atoms with Crippen LogP contribution >= 0.6 is 11.8 Å². The minimum atomic E-state index is -0.0291. The average Bonchev–Trinajstić information content (AvgIpc) is 3.01. The summed E-state index contributed by atoms with van der Waals surface area (Å²) in [4.78, 5) is 26.3. The largest absolute Gasteiger partial charge is 0.342 e. The normalized spacial score (nSPS) is 17.3. The zero-order valence-electron chi connectivity index (χ0n) is 13.4. The van der Waals surface area contributed by atoms with Crippen molar-refractivity contribution >= 4 is 29.3 Å². The Hall–Kier alpha value is -1.50. The Morgan fingerprint density at radius 3 is 2.68 bits per heavy atom. The minimum absolute atomic E-state index is 0.00902. The lowest BCUT2D eigenvalue weighted by atomic mass is 9.95. The van der Waals surface area contributed by atoms with E-state index in [1.165, 1.54) is 0 Å². The molecule has 0 aliphatic carbocycles. The second kappa shape index (κ2) is 7.67. The van der Waals surface area contributed by atoms with Gasteiger partial charge in [0.2, 0.25) is 11.8 Å². The van der Waals surface area contributed by atoms with E-state index in [1.54, 1.807) is 22.6 Å². The third-order valence-corrected chi connectivity index (χ3v) is 5.01. The van der Waals surface area contributed by atoms with Crippen LogP contribution in [0.3, 0.4) is 0 Å². The first kappa shape index (κ1) is 16.9. The van der Waals surface area contributed by atoms with Gasteiger partial charge in [-0.2, -0.15) is 16.9 Å². The zero-order valence-corrected chi connectivity index (χ0v) is 14.2. The monoisotopic (exact) mass is 324 g/mol. The Bertz CT molecular complexity index is 523. The van der Waals surface area contributed by atoms with Gasteiger partial charge in [-0.25, -0.2) is 0 Å². The Morgan fingerprint density at radius 2 is 2.14 bits per heavy atom. The van der Waals surface area contributed by atoms with E-state index in [-0.39, 0.29) is 23.0 Å². The zero-order chi connectivity index (χ0) is 16.1. The number of thioether (sulfide) groups is 1. The Labute approximate surface area is 135 Å². The lowest BCUT2D eigenvalue weighted by Gasteiger charge is -2.32. The first-order valence-corrected chi connectivity index (χ1v) is 8.98. The predicted molar refractivity (Wildman–Crippen MR) is 88.8 cm³/mol. The third kappa shape index (κ3) is 4.03. The molecule has 22 heavy (non-hydrogen) atoms. The van der Waals surface area contributed by atoms with Crippen molar-refractivity contribution in [1.29, 1.82) is 0 Å². The van der Waals surface area contributed by atoms with E-state index in [0.29, 0.717) is 13.1 Å². The number of carbonyl (C=O) groups excluding carboxylic acids is 2. The molecular weight excluding hydrogens is 300 g/mol. The fourth-order valence-electron chi connectivity index (χ4n) is 2.57. The Kier molecular flexibility index (Phi) is 5.88. The van der Waals surface area contributed by atoms with Gasteiger partial charge in [0, 0.05) is 31.7 Å². The molecule has 2 heterocycles. The number of likely N-dealkylation sites (tertiary alicyclic amines) is 1. The smallest absolute Gasteiger partial charge is 0.235 e. The van der Waals surface area contributed by atoms with Crippen LogP contribution in [-0.4, -0.2) is 51.1 Å². The third-order valence-electron chi connectivity index (χ3n) is 4.10. The lowest BCUT2D eigenvalue weighted by molar-refractivity contribution is -0.133. The van der Waals surface area contributed by atoms with Gasteiger partial charge in [-0.15, -0.1) is 0 Å². The highest BCUT2D eigenvalue weighted by molar-refractivity contribution is 7.99. The number of hydrogen-bond acceptors (Lipinski definition) is 4. The molecule has 1 atom stereocenters. The van der Waals surface area contributed by atoms with Crippen molar-refractivity contribution in [3.8, 4) is 0 Å². The van der Waals surface area contributed by atoms with Crippen LogP contribution in [-0.2, 0) is 16.1 Å². The van der Waals surface area contributed by atoms with Crippen molar-refractivity contribution in [2.75, 3.05) is 24.7 Å². The highest BCUT2D eigenvalue weighted by Gasteiger charge is 2.29. The molecule has 1 aliphatic rings. The molecule has 7 heteroatoms. The summed E-state index contributed by atoms with van der Waals surface area (Å²) in [6.07, 6.45) is 6.89. The van der Waals surface area contributed by atoms with Gasteiger partial charge in [-0.3, -0.25) is 14.3 Å². The second-order valence-corrected chi connectivity index (χ2v) is 6.73. The number of amides is 2. The van der Waals surface area contributed by atoms with Crippen LogP contribution in [0.1, 0.15) is 26.7 Å². The molecular formula is C15H24N4O2S. The molecule has 1 aliphatic heterocycles. The van der Waals surface area contributed by atoms with Gasteiger partial charge >= 0.3 is 0 Å². The van der Waals surface area contributed by atoms with E-state index in [9.17, 15) is 9.59 Å². The van der Waals surface area contributed by atoms with Crippen LogP contribution in [0, 0.1) is 5.92 Å². The number of nitrogens with zero attached hydrogens (tertiary/aromatic N) is 3. The molecule has 2 rings (SSSR count). The number of aryl methyl sites for hydroxylation is 1. The van der Waals surface area contributed by atoms with Gasteiger partial charge in [0.1, 0.15) is 0 Å². The molecule has 0 bridgehead atoms. The topological polar surface area (TPSA) is 67.2 Å². The molecule has 2 amide bonds. The van der Waals surface area contributed by atoms with E-state index < -0.39 is 0 Å². The fourth-order valence-corrected chi connectivity index (χ4v) is 2.92.